The number of carbonyl (C=O) groups excluding carboxylic acids is 1. The lowest BCUT2D eigenvalue weighted by atomic mass is 10.2. The van der Waals surface area contributed by atoms with E-state index in [0.29, 0.717) is 5.56 Å². The summed E-state index contributed by atoms with van der Waals surface area (Å²) in [4.78, 5) is 17.3. The van der Waals surface area contributed by atoms with Crippen molar-refractivity contribution in [1.82, 2.24) is 10.3 Å². The van der Waals surface area contributed by atoms with Crippen LogP contribution in [0.1, 0.15) is 16.1 Å². The number of hydrogen-bond donors (Lipinski definition) is 1. The third-order valence-electron chi connectivity index (χ3n) is 2.68. The first-order valence-corrected chi connectivity index (χ1v) is 5.20. The number of aryl methyl sites for hydroxylation is 1. The minimum atomic E-state index is 0.675. The third kappa shape index (κ3) is 2.15. The molecule has 2 rings (SSSR count). The molecule has 0 radical (unpaired) electrons. The molecule has 4 heteroatoms. The Bertz CT molecular complexity index is 359. The zero-order valence-corrected chi connectivity index (χ0v) is 8.86. The van der Waals surface area contributed by atoms with Crippen molar-refractivity contribution < 1.29 is 4.79 Å². The van der Waals surface area contributed by atoms with E-state index >= 15 is 0 Å². The molecule has 15 heavy (non-hydrogen) atoms. The largest absolute Gasteiger partial charge is 0.354 e. The maximum Gasteiger partial charge on any atom is 0.151 e. The highest BCUT2D eigenvalue weighted by Gasteiger charge is 2.12. The minimum Gasteiger partial charge on any atom is -0.354 e. The van der Waals surface area contributed by atoms with E-state index < -0.39 is 0 Å². The Morgan fingerprint density at radius 1 is 1.40 bits per heavy atom. The summed E-state index contributed by atoms with van der Waals surface area (Å²) in [5.41, 5.74) is 1.48. The van der Waals surface area contributed by atoms with Gasteiger partial charge in [-0.1, -0.05) is 0 Å². The molecular weight excluding hydrogens is 190 g/mol. The van der Waals surface area contributed by atoms with Gasteiger partial charge in [-0.05, 0) is 19.1 Å². The summed E-state index contributed by atoms with van der Waals surface area (Å²) in [5, 5.41) is 3.30. The number of anilines is 1. The second-order valence-electron chi connectivity index (χ2n) is 3.70. The lowest BCUT2D eigenvalue weighted by molar-refractivity contribution is 0.112. The molecule has 0 atom stereocenters. The summed E-state index contributed by atoms with van der Waals surface area (Å²) in [6.45, 7) is 5.82. The van der Waals surface area contributed by atoms with Crippen molar-refractivity contribution in [3.63, 3.8) is 0 Å². The number of aromatic nitrogens is 1. The predicted molar refractivity (Wildman–Crippen MR) is 59.4 cm³/mol. The molecule has 1 N–H and O–H groups in total. The number of hydrogen-bond acceptors (Lipinski definition) is 4. The van der Waals surface area contributed by atoms with Crippen LogP contribution in [0, 0.1) is 6.92 Å². The number of nitrogens with zero attached hydrogens (tertiary/aromatic N) is 2. The predicted octanol–water partition coefficient (Wildman–Crippen LogP) is 0.612. The van der Waals surface area contributed by atoms with Crippen LogP contribution >= 0.6 is 0 Å². The molecule has 1 aromatic rings. The molecule has 1 fully saturated rings. The van der Waals surface area contributed by atoms with E-state index in [-0.39, 0.29) is 0 Å². The Hall–Kier alpha value is -1.42. The molecule has 0 aliphatic carbocycles. The normalized spacial score (nSPS) is 16.5. The van der Waals surface area contributed by atoms with Gasteiger partial charge in [0.05, 0.1) is 5.69 Å². The van der Waals surface area contributed by atoms with E-state index in [2.05, 4.69) is 15.2 Å². The molecule has 0 bridgehead atoms. The highest BCUT2D eigenvalue weighted by atomic mass is 16.1. The first-order valence-electron chi connectivity index (χ1n) is 5.20. The van der Waals surface area contributed by atoms with E-state index in [0.717, 1.165) is 44.0 Å². The summed E-state index contributed by atoms with van der Waals surface area (Å²) < 4.78 is 0. The topological polar surface area (TPSA) is 45.2 Å². The summed E-state index contributed by atoms with van der Waals surface area (Å²) in [6.07, 6.45) is 0.851. The van der Waals surface area contributed by atoms with Crippen LogP contribution in [0.15, 0.2) is 12.1 Å². The van der Waals surface area contributed by atoms with E-state index in [1.165, 1.54) is 0 Å². The van der Waals surface area contributed by atoms with Gasteiger partial charge < -0.3 is 10.2 Å². The number of pyridine rings is 1. The number of piperazine rings is 1. The molecule has 2 heterocycles. The van der Waals surface area contributed by atoms with Crippen molar-refractivity contribution >= 4 is 12.1 Å². The molecule has 0 unspecified atom stereocenters. The average molecular weight is 205 g/mol. The van der Waals surface area contributed by atoms with Crippen LogP contribution in [-0.2, 0) is 0 Å². The van der Waals surface area contributed by atoms with Crippen molar-refractivity contribution in [3.05, 3.63) is 23.4 Å². The summed E-state index contributed by atoms with van der Waals surface area (Å²) in [5.74, 6) is 0.972. The lowest BCUT2D eigenvalue weighted by Gasteiger charge is -2.28. The van der Waals surface area contributed by atoms with Gasteiger partial charge in [0.25, 0.3) is 0 Å². The Morgan fingerprint density at radius 2 is 2.13 bits per heavy atom. The van der Waals surface area contributed by atoms with Crippen molar-refractivity contribution in [2.24, 2.45) is 0 Å². The first-order chi connectivity index (χ1) is 7.31. The zero-order valence-electron chi connectivity index (χ0n) is 8.86. The van der Waals surface area contributed by atoms with Gasteiger partial charge in [-0.2, -0.15) is 0 Å². The van der Waals surface area contributed by atoms with E-state index in [1.54, 1.807) is 0 Å². The molecule has 1 aliphatic heterocycles. The Kier molecular flexibility index (Phi) is 2.97. The highest BCUT2D eigenvalue weighted by Crippen LogP contribution is 2.14. The lowest BCUT2D eigenvalue weighted by Crippen LogP contribution is -2.43. The van der Waals surface area contributed by atoms with Crippen LogP contribution in [0.2, 0.25) is 0 Å². The summed E-state index contributed by atoms with van der Waals surface area (Å²) in [7, 11) is 0. The Morgan fingerprint density at radius 3 is 2.73 bits per heavy atom. The van der Waals surface area contributed by atoms with Gasteiger partial charge in [0.2, 0.25) is 0 Å². The Balaban J connectivity index is 2.21. The number of carbonyl (C=O) groups is 1. The van der Waals surface area contributed by atoms with Gasteiger partial charge in [-0.25, -0.2) is 4.98 Å². The summed E-state index contributed by atoms with van der Waals surface area (Å²) >= 11 is 0. The van der Waals surface area contributed by atoms with Gasteiger partial charge in [0.1, 0.15) is 5.82 Å². The molecule has 0 aromatic carbocycles. The molecule has 1 aromatic heterocycles. The van der Waals surface area contributed by atoms with Crippen molar-refractivity contribution in [2.45, 2.75) is 6.92 Å². The van der Waals surface area contributed by atoms with Crippen molar-refractivity contribution in [3.8, 4) is 0 Å². The van der Waals surface area contributed by atoms with Gasteiger partial charge in [-0.15, -0.1) is 0 Å². The van der Waals surface area contributed by atoms with E-state index in [9.17, 15) is 4.79 Å². The smallest absolute Gasteiger partial charge is 0.151 e. The summed E-state index contributed by atoms with van der Waals surface area (Å²) in [6, 6.07) is 3.76. The van der Waals surface area contributed by atoms with Crippen LogP contribution < -0.4 is 10.2 Å². The van der Waals surface area contributed by atoms with Crippen molar-refractivity contribution in [1.29, 1.82) is 0 Å². The first kappa shape index (κ1) is 10.1. The van der Waals surface area contributed by atoms with Crippen LogP contribution in [-0.4, -0.2) is 37.4 Å². The number of rotatable bonds is 2. The number of nitrogens with one attached hydrogen (secondary N) is 1. The zero-order chi connectivity index (χ0) is 10.7. The molecule has 1 saturated heterocycles. The minimum absolute atomic E-state index is 0.675. The molecular formula is C11H15N3O. The Labute approximate surface area is 89.3 Å². The fraction of sp³-hybridized carbons (Fsp3) is 0.455. The molecule has 4 nitrogen and oxygen atoms in total. The molecule has 0 saturated carbocycles. The van der Waals surface area contributed by atoms with Gasteiger partial charge >= 0.3 is 0 Å². The number of aldehydes is 1. The average Bonchev–Trinajstić information content (AvgIpc) is 2.30. The molecule has 1 aliphatic rings. The van der Waals surface area contributed by atoms with Gasteiger partial charge in [0.15, 0.2) is 6.29 Å². The van der Waals surface area contributed by atoms with Gasteiger partial charge in [0, 0.05) is 31.7 Å². The van der Waals surface area contributed by atoms with E-state index in [1.807, 2.05) is 19.1 Å². The monoisotopic (exact) mass is 205 g/mol. The third-order valence-corrected chi connectivity index (χ3v) is 2.68. The van der Waals surface area contributed by atoms with Crippen molar-refractivity contribution in [2.75, 3.05) is 31.1 Å². The van der Waals surface area contributed by atoms with Crippen LogP contribution in [0.4, 0.5) is 5.82 Å². The molecule has 0 spiro atoms. The van der Waals surface area contributed by atoms with E-state index in [4.69, 9.17) is 0 Å². The quantitative estimate of drug-likeness (QED) is 0.719. The second kappa shape index (κ2) is 4.40. The maximum atomic E-state index is 10.7. The van der Waals surface area contributed by atoms with Crippen LogP contribution in [0.25, 0.3) is 0 Å². The SMILES string of the molecule is Cc1nc(N2CCNCC2)ccc1C=O. The van der Waals surface area contributed by atoms with Crippen LogP contribution in [0.3, 0.4) is 0 Å². The maximum absolute atomic E-state index is 10.7. The highest BCUT2D eigenvalue weighted by molar-refractivity contribution is 5.76. The fourth-order valence-electron chi connectivity index (χ4n) is 1.75. The fourth-order valence-corrected chi connectivity index (χ4v) is 1.75. The van der Waals surface area contributed by atoms with Gasteiger partial charge in [-0.3, -0.25) is 4.79 Å². The second-order valence-corrected chi connectivity index (χ2v) is 3.70. The molecule has 0 amide bonds. The molecule has 80 valence electrons. The standard InChI is InChI=1S/C11H15N3O/c1-9-10(8-15)2-3-11(13-9)14-6-4-12-5-7-14/h2-3,8,12H,4-7H2,1H3. The van der Waals surface area contributed by atoms with Crippen LogP contribution in [0.5, 0.6) is 0 Å².